The van der Waals surface area contributed by atoms with Crippen molar-refractivity contribution in [3.05, 3.63) is 35.9 Å². The average molecular weight is 247 g/mol. The Hall–Kier alpha value is -1.84. The zero-order valence-electron chi connectivity index (χ0n) is 10.5. The molecule has 1 fully saturated rings. The van der Waals surface area contributed by atoms with Crippen molar-refractivity contribution in [2.45, 2.75) is 26.3 Å². The summed E-state index contributed by atoms with van der Waals surface area (Å²) in [5.74, 6) is -1.27. The third kappa shape index (κ3) is 2.53. The van der Waals surface area contributed by atoms with Crippen molar-refractivity contribution >= 4 is 11.9 Å². The molecule has 4 nitrogen and oxygen atoms in total. The summed E-state index contributed by atoms with van der Waals surface area (Å²) >= 11 is 0. The summed E-state index contributed by atoms with van der Waals surface area (Å²) in [6.07, 6.45) is 0.819. The van der Waals surface area contributed by atoms with Crippen molar-refractivity contribution in [3.63, 3.8) is 0 Å². The highest BCUT2D eigenvalue weighted by molar-refractivity contribution is 5.87. The van der Waals surface area contributed by atoms with Gasteiger partial charge in [0, 0.05) is 5.92 Å². The van der Waals surface area contributed by atoms with Crippen LogP contribution < -0.4 is 5.32 Å². The summed E-state index contributed by atoms with van der Waals surface area (Å²) in [6.45, 7) is 4.02. The number of hydrogen-bond acceptors (Lipinski definition) is 2. The molecule has 0 spiro atoms. The van der Waals surface area contributed by atoms with Crippen molar-refractivity contribution in [2.24, 2.45) is 11.3 Å². The van der Waals surface area contributed by atoms with E-state index < -0.39 is 12.0 Å². The molecule has 18 heavy (non-hydrogen) atoms. The lowest BCUT2D eigenvalue weighted by Crippen LogP contribution is -2.35. The monoisotopic (exact) mass is 247 g/mol. The van der Waals surface area contributed by atoms with Gasteiger partial charge in [-0.3, -0.25) is 4.79 Å². The molecule has 1 aromatic rings. The predicted molar refractivity (Wildman–Crippen MR) is 66.8 cm³/mol. The molecule has 0 saturated heterocycles. The van der Waals surface area contributed by atoms with Gasteiger partial charge in [-0.1, -0.05) is 44.2 Å². The van der Waals surface area contributed by atoms with Crippen LogP contribution in [0.4, 0.5) is 0 Å². The zero-order valence-corrected chi connectivity index (χ0v) is 10.5. The van der Waals surface area contributed by atoms with Crippen molar-refractivity contribution in [3.8, 4) is 0 Å². The Balaban J connectivity index is 2.09. The first-order valence-electron chi connectivity index (χ1n) is 6.00. The number of nitrogens with one attached hydrogen (secondary N) is 1. The second kappa shape index (κ2) is 4.44. The second-order valence-electron chi connectivity index (χ2n) is 5.44. The molecule has 1 aromatic carbocycles. The Labute approximate surface area is 106 Å². The van der Waals surface area contributed by atoms with E-state index >= 15 is 0 Å². The summed E-state index contributed by atoms with van der Waals surface area (Å²) < 4.78 is 0. The molecule has 2 N–H and O–H groups in total. The Kier molecular flexibility index (Phi) is 3.11. The minimum absolute atomic E-state index is 0.00379. The number of benzene rings is 1. The molecule has 1 saturated carbocycles. The van der Waals surface area contributed by atoms with E-state index in [0.29, 0.717) is 5.56 Å². The van der Waals surface area contributed by atoms with Crippen LogP contribution in [0.15, 0.2) is 30.3 Å². The van der Waals surface area contributed by atoms with E-state index in [9.17, 15) is 14.7 Å². The molecule has 96 valence electrons. The van der Waals surface area contributed by atoms with Gasteiger partial charge in [-0.2, -0.15) is 0 Å². The first-order valence-corrected chi connectivity index (χ1v) is 6.00. The fraction of sp³-hybridized carbons (Fsp3) is 0.429. The SMILES string of the molecule is CC1(C)CC1C(=O)N[C@@H](C(=O)O)c1ccccc1. The highest BCUT2D eigenvalue weighted by Gasteiger charge is 2.51. The highest BCUT2D eigenvalue weighted by Crippen LogP contribution is 2.51. The topological polar surface area (TPSA) is 66.4 Å². The molecule has 1 unspecified atom stereocenters. The van der Waals surface area contributed by atoms with Crippen molar-refractivity contribution in [1.29, 1.82) is 0 Å². The van der Waals surface area contributed by atoms with Gasteiger partial charge in [-0.05, 0) is 17.4 Å². The first kappa shape index (κ1) is 12.6. The van der Waals surface area contributed by atoms with Crippen LogP contribution in [0.5, 0.6) is 0 Å². The van der Waals surface area contributed by atoms with E-state index in [2.05, 4.69) is 5.32 Å². The van der Waals surface area contributed by atoms with Gasteiger partial charge in [-0.15, -0.1) is 0 Å². The lowest BCUT2D eigenvalue weighted by atomic mass is 10.1. The van der Waals surface area contributed by atoms with Crippen LogP contribution in [-0.4, -0.2) is 17.0 Å². The molecule has 4 heteroatoms. The standard InChI is InChI=1S/C14H17NO3/c1-14(2)8-10(14)12(16)15-11(13(17)18)9-6-4-3-5-7-9/h3-7,10-11H,8H2,1-2H3,(H,15,16)(H,17,18)/t10?,11-/m1/s1. The largest absolute Gasteiger partial charge is 0.479 e. The van der Waals surface area contributed by atoms with Crippen molar-refractivity contribution < 1.29 is 14.7 Å². The molecule has 0 aliphatic heterocycles. The normalized spacial score (nSPS) is 22.0. The van der Waals surface area contributed by atoms with Gasteiger partial charge in [-0.25, -0.2) is 4.79 Å². The highest BCUT2D eigenvalue weighted by atomic mass is 16.4. The van der Waals surface area contributed by atoms with Gasteiger partial charge in [0.2, 0.25) is 5.91 Å². The van der Waals surface area contributed by atoms with E-state index in [1.165, 1.54) is 0 Å². The summed E-state index contributed by atoms with van der Waals surface area (Å²) in [7, 11) is 0. The fourth-order valence-electron chi connectivity index (χ4n) is 2.09. The number of carboxylic acids is 1. The van der Waals surface area contributed by atoms with E-state index in [-0.39, 0.29) is 17.2 Å². The molecule has 2 atom stereocenters. The van der Waals surface area contributed by atoms with Crippen molar-refractivity contribution in [2.75, 3.05) is 0 Å². The quantitative estimate of drug-likeness (QED) is 0.854. The maximum Gasteiger partial charge on any atom is 0.330 e. The minimum Gasteiger partial charge on any atom is -0.479 e. The van der Waals surface area contributed by atoms with E-state index in [1.54, 1.807) is 24.3 Å². The second-order valence-corrected chi connectivity index (χ2v) is 5.44. The molecule has 0 bridgehead atoms. The number of carbonyl (C=O) groups excluding carboxylic acids is 1. The lowest BCUT2D eigenvalue weighted by Gasteiger charge is -2.15. The number of carbonyl (C=O) groups is 2. The summed E-state index contributed by atoms with van der Waals surface area (Å²) in [5, 5.41) is 11.8. The molecule has 1 aliphatic rings. The summed E-state index contributed by atoms with van der Waals surface area (Å²) in [6, 6.07) is 7.79. The Morgan fingerprint density at radius 1 is 1.33 bits per heavy atom. The van der Waals surface area contributed by atoms with Gasteiger partial charge in [0.05, 0.1) is 0 Å². The zero-order chi connectivity index (χ0) is 13.3. The number of carboxylic acid groups (broad SMARTS) is 1. The lowest BCUT2D eigenvalue weighted by molar-refractivity contribution is -0.142. The van der Waals surface area contributed by atoms with Gasteiger partial charge >= 0.3 is 5.97 Å². The minimum atomic E-state index is -1.03. The fourth-order valence-corrected chi connectivity index (χ4v) is 2.09. The number of amides is 1. The van der Waals surface area contributed by atoms with E-state index in [4.69, 9.17) is 0 Å². The summed E-state index contributed by atoms with van der Waals surface area (Å²) in [4.78, 5) is 23.2. The van der Waals surface area contributed by atoms with Crippen LogP contribution in [0.2, 0.25) is 0 Å². The van der Waals surface area contributed by atoms with E-state index in [0.717, 1.165) is 6.42 Å². The number of hydrogen-bond donors (Lipinski definition) is 2. The van der Waals surface area contributed by atoms with Crippen LogP contribution in [0.3, 0.4) is 0 Å². The Morgan fingerprint density at radius 2 is 1.89 bits per heavy atom. The van der Waals surface area contributed by atoms with Crippen LogP contribution in [0.1, 0.15) is 31.9 Å². The molecule has 1 amide bonds. The van der Waals surface area contributed by atoms with Crippen LogP contribution >= 0.6 is 0 Å². The Bertz CT molecular complexity index is 467. The summed E-state index contributed by atoms with van der Waals surface area (Å²) in [5.41, 5.74) is 0.598. The van der Waals surface area contributed by atoms with Gasteiger partial charge in [0.1, 0.15) is 0 Å². The van der Waals surface area contributed by atoms with Crippen LogP contribution in [0, 0.1) is 11.3 Å². The molecule has 0 aromatic heterocycles. The maximum absolute atomic E-state index is 11.9. The molecular weight excluding hydrogens is 230 g/mol. The maximum atomic E-state index is 11.9. The first-order chi connectivity index (χ1) is 8.42. The molecule has 0 heterocycles. The molecule has 1 aliphatic carbocycles. The molecular formula is C14H17NO3. The molecule has 0 radical (unpaired) electrons. The van der Waals surface area contributed by atoms with Crippen molar-refractivity contribution in [1.82, 2.24) is 5.32 Å². The van der Waals surface area contributed by atoms with Crippen LogP contribution in [0.25, 0.3) is 0 Å². The smallest absolute Gasteiger partial charge is 0.330 e. The van der Waals surface area contributed by atoms with Gasteiger partial charge in [0.15, 0.2) is 6.04 Å². The van der Waals surface area contributed by atoms with Gasteiger partial charge < -0.3 is 10.4 Å². The predicted octanol–water partition coefficient (Wildman–Crippen LogP) is 1.97. The van der Waals surface area contributed by atoms with E-state index in [1.807, 2.05) is 19.9 Å². The number of aliphatic carboxylic acids is 1. The molecule has 2 rings (SSSR count). The number of rotatable bonds is 4. The van der Waals surface area contributed by atoms with Crippen LogP contribution in [-0.2, 0) is 9.59 Å². The Morgan fingerprint density at radius 3 is 2.33 bits per heavy atom. The van der Waals surface area contributed by atoms with Gasteiger partial charge in [0.25, 0.3) is 0 Å². The average Bonchev–Trinajstić information content (AvgIpc) is 2.96. The third-order valence-corrected chi connectivity index (χ3v) is 3.50. The third-order valence-electron chi connectivity index (χ3n) is 3.50.